The number of aromatic amines is 1. The molecule has 0 aromatic carbocycles. The first-order valence-corrected chi connectivity index (χ1v) is 7.26. The van der Waals surface area contributed by atoms with Crippen molar-refractivity contribution in [3.05, 3.63) is 32.6 Å². The second-order valence-corrected chi connectivity index (χ2v) is 6.93. The summed E-state index contributed by atoms with van der Waals surface area (Å²) < 4.78 is 5.62. The zero-order valence-corrected chi connectivity index (χ0v) is 12.3. The number of halogens is 2. The maximum atomic E-state index is 11.9. The van der Waals surface area contributed by atoms with Crippen molar-refractivity contribution in [2.75, 3.05) is 6.61 Å². The molecule has 3 rings (SSSR count). The minimum atomic E-state index is -0.987. The lowest BCUT2D eigenvalue weighted by molar-refractivity contribution is -0.0460. The molecule has 1 aliphatic carbocycles. The predicted octanol–water partition coefficient (Wildman–Crippen LogP) is -0.161. The number of hydrogen-bond donors (Lipinski definition) is 3. The molecule has 1 saturated heterocycles. The zero-order valence-electron chi connectivity index (χ0n) is 10.8. The Kier molecular flexibility index (Phi) is 3.66. The van der Waals surface area contributed by atoms with Crippen molar-refractivity contribution in [1.82, 2.24) is 9.55 Å². The van der Waals surface area contributed by atoms with Crippen molar-refractivity contribution in [2.45, 2.75) is 41.5 Å². The van der Waals surface area contributed by atoms with Crippen LogP contribution < -0.4 is 11.2 Å². The van der Waals surface area contributed by atoms with Crippen LogP contribution in [0.25, 0.3) is 0 Å². The fourth-order valence-electron chi connectivity index (χ4n) is 2.56. The fourth-order valence-corrected chi connectivity index (χ4v) is 3.11. The highest BCUT2D eigenvalue weighted by Crippen LogP contribution is 2.58. The lowest BCUT2D eigenvalue weighted by atomic mass is 10.2. The van der Waals surface area contributed by atoms with Crippen LogP contribution in [0.5, 0.6) is 0 Å². The average Bonchev–Trinajstić information content (AvgIpc) is 2.87. The zero-order chi connectivity index (χ0) is 15.4. The first kappa shape index (κ1) is 15.1. The van der Waals surface area contributed by atoms with Crippen LogP contribution in [0.15, 0.2) is 15.8 Å². The van der Waals surface area contributed by atoms with E-state index in [1.807, 2.05) is 0 Å². The Bertz CT molecular complexity index is 670. The van der Waals surface area contributed by atoms with E-state index in [1.54, 1.807) is 0 Å². The highest BCUT2D eigenvalue weighted by atomic mass is 35.5. The summed E-state index contributed by atoms with van der Waals surface area (Å²) in [7, 11) is 0. The maximum Gasteiger partial charge on any atom is 0.330 e. The van der Waals surface area contributed by atoms with Gasteiger partial charge in [-0.25, -0.2) is 4.79 Å². The van der Waals surface area contributed by atoms with Gasteiger partial charge in [0, 0.05) is 24.1 Å². The Labute approximate surface area is 129 Å². The molecule has 0 amide bonds. The minimum Gasteiger partial charge on any atom is -0.394 e. The molecule has 1 aromatic heterocycles. The van der Waals surface area contributed by atoms with Gasteiger partial charge in [0.2, 0.25) is 0 Å². The van der Waals surface area contributed by atoms with E-state index in [-0.39, 0.29) is 18.9 Å². The normalized spacial score (nSPS) is 34.1. The molecule has 9 heteroatoms. The highest BCUT2D eigenvalue weighted by Gasteiger charge is 2.54. The number of H-pyrrole nitrogens is 1. The average molecular weight is 337 g/mol. The largest absolute Gasteiger partial charge is 0.394 e. The van der Waals surface area contributed by atoms with Crippen molar-refractivity contribution in [2.24, 2.45) is 0 Å². The molecule has 2 heterocycles. The van der Waals surface area contributed by atoms with E-state index in [0.29, 0.717) is 12.0 Å². The second-order valence-electron chi connectivity index (χ2n) is 5.38. The minimum absolute atomic E-state index is 0.147. The van der Waals surface area contributed by atoms with Gasteiger partial charge in [0.05, 0.1) is 12.7 Å². The number of nitrogens with zero attached hydrogens (tertiary/aromatic N) is 1. The molecule has 2 aliphatic rings. The Morgan fingerprint density at radius 1 is 1.48 bits per heavy atom. The number of aromatic nitrogens is 2. The van der Waals surface area contributed by atoms with Gasteiger partial charge >= 0.3 is 5.69 Å². The van der Waals surface area contributed by atoms with Gasteiger partial charge in [0.15, 0.2) is 0 Å². The van der Waals surface area contributed by atoms with E-state index in [1.165, 1.54) is 10.8 Å². The molecule has 0 spiro atoms. The van der Waals surface area contributed by atoms with Gasteiger partial charge in [0.25, 0.3) is 5.56 Å². The molecule has 2 fully saturated rings. The lowest BCUT2D eigenvalue weighted by Crippen LogP contribution is -2.34. The summed E-state index contributed by atoms with van der Waals surface area (Å²) in [5.41, 5.74) is -0.859. The smallest absolute Gasteiger partial charge is 0.330 e. The summed E-state index contributed by atoms with van der Waals surface area (Å²) >= 11 is 11.9. The number of aliphatic hydroxyl groups excluding tert-OH is 2. The van der Waals surface area contributed by atoms with Crippen molar-refractivity contribution in [1.29, 1.82) is 0 Å². The molecule has 7 nitrogen and oxygen atoms in total. The standard InChI is InChI=1S/C12H14Cl2N2O5/c13-12(14)2-6(12)5-3-16(11(20)15-10(5)19)9-1-7(18)8(4-17)21-9/h3,6-9,17-18H,1-2,4H2,(H,15,19,20)/t6-,7-,8+,9+/m0/s1. The topological polar surface area (TPSA) is 105 Å². The van der Waals surface area contributed by atoms with E-state index >= 15 is 0 Å². The van der Waals surface area contributed by atoms with E-state index < -0.39 is 34.0 Å². The van der Waals surface area contributed by atoms with Crippen LogP contribution in [-0.4, -0.2) is 42.9 Å². The Morgan fingerprint density at radius 3 is 2.67 bits per heavy atom. The maximum absolute atomic E-state index is 11.9. The first-order valence-electron chi connectivity index (χ1n) is 6.51. The SMILES string of the molecule is O=c1[nH]c(=O)n([C@H]2C[C@H](O)[C@@H](CO)O2)cc1[C@@H]1CC1(Cl)Cl. The number of aliphatic hydroxyl groups is 2. The fraction of sp³-hybridized carbons (Fsp3) is 0.667. The molecular weight excluding hydrogens is 323 g/mol. The molecule has 0 bridgehead atoms. The summed E-state index contributed by atoms with van der Waals surface area (Å²) in [5.74, 6) is -0.337. The summed E-state index contributed by atoms with van der Waals surface area (Å²) in [4.78, 5) is 25.9. The van der Waals surface area contributed by atoms with Crippen LogP contribution in [0.1, 0.15) is 30.6 Å². The summed E-state index contributed by atoms with van der Waals surface area (Å²) in [6.45, 7) is -0.349. The lowest BCUT2D eigenvalue weighted by Gasteiger charge is -2.15. The van der Waals surface area contributed by atoms with Gasteiger partial charge in [-0.3, -0.25) is 14.3 Å². The quantitative estimate of drug-likeness (QED) is 0.665. The van der Waals surface area contributed by atoms with Crippen molar-refractivity contribution in [3.8, 4) is 0 Å². The second kappa shape index (κ2) is 5.10. The number of ether oxygens (including phenoxy) is 1. The summed E-state index contributed by atoms with van der Waals surface area (Å²) in [6, 6.07) is 0. The first-order chi connectivity index (χ1) is 9.83. The van der Waals surface area contributed by atoms with Crippen LogP contribution in [0.4, 0.5) is 0 Å². The van der Waals surface area contributed by atoms with Gasteiger partial charge in [-0.15, -0.1) is 23.2 Å². The molecule has 1 aromatic rings. The Hall–Kier alpha value is -0.860. The Balaban J connectivity index is 1.95. The summed E-state index contributed by atoms with van der Waals surface area (Å²) in [6.07, 6.45) is -0.421. The molecule has 0 unspecified atom stereocenters. The van der Waals surface area contributed by atoms with Crippen LogP contribution in [-0.2, 0) is 4.74 Å². The Morgan fingerprint density at radius 2 is 2.14 bits per heavy atom. The van der Waals surface area contributed by atoms with E-state index in [0.717, 1.165) is 0 Å². The highest BCUT2D eigenvalue weighted by molar-refractivity contribution is 6.51. The molecule has 1 aliphatic heterocycles. The third-order valence-electron chi connectivity index (χ3n) is 3.89. The molecule has 1 saturated carbocycles. The van der Waals surface area contributed by atoms with Gasteiger partial charge < -0.3 is 14.9 Å². The van der Waals surface area contributed by atoms with Gasteiger partial charge in [-0.2, -0.15) is 0 Å². The number of hydrogen-bond acceptors (Lipinski definition) is 5. The predicted molar refractivity (Wildman–Crippen MR) is 74.7 cm³/mol. The van der Waals surface area contributed by atoms with Gasteiger partial charge in [-0.1, -0.05) is 0 Å². The molecule has 116 valence electrons. The molecular formula is C12H14Cl2N2O5. The third kappa shape index (κ3) is 2.64. The molecule has 21 heavy (non-hydrogen) atoms. The van der Waals surface area contributed by atoms with Crippen LogP contribution in [0.2, 0.25) is 0 Å². The number of nitrogens with one attached hydrogen (secondary N) is 1. The van der Waals surface area contributed by atoms with Crippen LogP contribution in [0, 0.1) is 0 Å². The monoisotopic (exact) mass is 336 g/mol. The van der Waals surface area contributed by atoms with E-state index in [4.69, 9.17) is 33.0 Å². The van der Waals surface area contributed by atoms with Crippen LogP contribution in [0.3, 0.4) is 0 Å². The molecule has 0 radical (unpaired) electrons. The molecule has 4 atom stereocenters. The van der Waals surface area contributed by atoms with E-state index in [9.17, 15) is 14.7 Å². The van der Waals surface area contributed by atoms with Crippen molar-refractivity contribution >= 4 is 23.2 Å². The summed E-state index contributed by atoms with van der Waals surface area (Å²) in [5, 5.41) is 18.8. The van der Waals surface area contributed by atoms with E-state index in [2.05, 4.69) is 4.98 Å². The van der Waals surface area contributed by atoms with Crippen LogP contribution >= 0.6 is 23.2 Å². The number of alkyl halides is 2. The van der Waals surface area contributed by atoms with Crippen molar-refractivity contribution in [3.63, 3.8) is 0 Å². The van der Waals surface area contributed by atoms with Gasteiger partial charge in [0.1, 0.15) is 16.7 Å². The van der Waals surface area contributed by atoms with Crippen molar-refractivity contribution < 1.29 is 14.9 Å². The third-order valence-corrected chi connectivity index (χ3v) is 4.73. The number of rotatable bonds is 3. The molecule has 3 N–H and O–H groups in total. The van der Waals surface area contributed by atoms with Gasteiger partial charge in [-0.05, 0) is 6.42 Å².